The van der Waals surface area contributed by atoms with Crippen molar-refractivity contribution in [2.75, 3.05) is 5.32 Å². The average Bonchev–Trinajstić information content (AvgIpc) is 2.41. The van der Waals surface area contributed by atoms with Crippen LogP contribution in [0.2, 0.25) is 0 Å². The van der Waals surface area contributed by atoms with E-state index in [1.54, 1.807) is 6.07 Å². The zero-order valence-electron chi connectivity index (χ0n) is 10.2. The molecule has 5 heteroatoms. The van der Waals surface area contributed by atoms with Crippen molar-refractivity contribution >= 4 is 44.3 Å². The van der Waals surface area contributed by atoms with Crippen LogP contribution >= 0.6 is 15.9 Å². The van der Waals surface area contributed by atoms with E-state index < -0.39 is 17.8 Å². The summed E-state index contributed by atoms with van der Waals surface area (Å²) in [5, 5.41) is 13.3. The number of carbonyl (C=O) groups is 2. The average molecular weight is 322 g/mol. The molecule has 2 N–H and O–H groups in total. The van der Waals surface area contributed by atoms with Gasteiger partial charge in [-0.05, 0) is 24.4 Å². The molecule has 0 aliphatic carbocycles. The van der Waals surface area contributed by atoms with E-state index in [-0.39, 0.29) is 0 Å². The SMILES string of the molecule is CC(C(=O)O)C(=O)Nc1ccc(Br)c2ccccc12. The Hall–Kier alpha value is -1.88. The third kappa shape index (κ3) is 2.76. The van der Waals surface area contributed by atoms with Crippen LogP contribution in [0.15, 0.2) is 40.9 Å². The van der Waals surface area contributed by atoms with Crippen molar-refractivity contribution in [3.8, 4) is 0 Å². The maximum Gasteiger partial charge on any atom is 0.315 e. The Morgan fingerprint density at radius 2 is 1.79 bits per heavy atom. The summed E-state index contributed by atoms with van der Waals surface area (Å²) in [6, 6.07) is 11.1. The van der Waals surface area contributed by atoms with Crippen LogP contribution in [-0.2, 0) is 9.59 Å². The van der Waals surface area contributed by atoms with E-state index in [4.69, 9.17) is 5.11 Å². The third-order valence-corrected chi connectivity index (χ3v) is 3.58. The molecule has 0 aromatic heterocycles. The summed E-state index contributed by atoms with van der Waals surface area (Å²) in [5.41, 5.74) is 0.608. The molecular weight excluding hydrogens is 310 g/mol. The van der Waals surface area contributed by atoms with E-state index in [2.05, 4.69) is 21.2 Å². The summed E-state index contributed by atoms with van der Waals surface area (Å²) >= 11 is 3.44. The monoisotopic (exact) mass is 321 g/mol. The van der Waals surface area contributed by atoms with Crippen molar-refractivity contribution in [3.63, 3.8) is 0 Å². The lowest BCUT2D eigenvalue weighted by Gasteiger charge is -2.11. The largest absolute Gasteiger partial charge is 0.481 e. The minimum absolute atomic E-state index is 0.528. The summed E-state index contributed by atoms with van der Waals surface area (Å²) < 4.78 is 0.924. The van der Waals surface area contributed by atoms with Crippen molar-refractivity contribution in [2.24, 2.45) is 5.92 Å². The second kappa shape index (κ2) is 5.40. The smallest absolute Gasteiger partial charge is 0.315 e. The van der Waals surface area contributed by atoms with Gasteiger partial charge in [-0.2, -0.15) is 0 Å². The molecule has 19 heavy (non-hydrogen) atoms. The van der Waals surface area contributed by atoms with E-state index in [1.807, 2.05) is 30.3 Å². The van der Waals surface area contributed by atoms with Gasteiger partial charge >= 0.3 is 5.97 Å². The first-order valence-corrected chi connectivity index (χ1v) is 6.51. The van der Waals surface area contributed by atoms with E-state index in [9.17, 15) is 9.59 Å². The Morgan fingerprint density at radius 1 is 1.16 bits per heavy atom. The summed E-state index contributed by atoms with van der Waals surface area (Å²) in [5.74, 6) is -2.75. The lowest BCUT2D eigenvalue weighted by atomic mass is 10.1. The number of fused-ring (bicyclic) bond motifs is 1. The number of carboxylic acid groups (broad SMARTS) is 1. The lowest BCUT2D eigenvalue weighted by molar-refractivity contribution is -0.144. The molecule has 1 amide bonds. The molecule has 0 aliphatic rings. The van der Waals surface area contributed by atoms with Crippen molar-refractivity contribution in [1.82, 2.24) is 0 Å². The molecule has 2 aromatic rings. The highest BCUT2D eigenvalue weighted by molar-refractivity contribution is 9.10. The molecule has 0 spiro atoms. The van der Waals surface area contributed by atoms with E-state index in [0.29, 0.717) is 5.69 Å². The summed E-state index contributed by atoms with van der Waals surface area (Å²) in [6.07, 6.45) is 0. The van der Waals surface area contributed by atoms with Gasteiger partial charge < -0.3 is 10.4 Å². The fourth-order valence-electron chi connectivity index (χ4n) is 1.72. The Bertz CT molecular complexity index is 654. The number of carbonyl (C=O) groups excluding carboxylic acids is 1. The summed E-state index contributed by atoms with van der Waals surface area (Å²) in [7, 11) is 0. The number of benzene rings is 2. The molecule has 2 rings (SSSR count). The fraction of sp³-hybridized carbons (Fsp3) is 0.143. The van der Waals surface area contributed by atoms with Crippen molar-refractivity contribution in [2.45, 2.75) is 6.92 Å². The molecule has 0 bridgehead atoms. The molecule has 0 radical (unpaired) electrons. The van der Waals surface area contributed by atoms with Crippen LogP contribution < -0.4 is 5.32 Å². The number of hydrogen-bond acceptors (Lipinski definition) is 2. The van der Waals surface area contributed by atoms with E-state index >= 15 is 0 Å². The first-order valence-electron chi connectivity index (χ1n) is 5.71. The van der Waals surface area contributed by atoms with E-state index in [1.165, 1.54) is 6.92 Å². The van der Waals surface area contributed by atoms with E-state index in [0.717, 1.165) is 15.2 Å². The van der Waals surface area contributed by atoms with Gasteiger partial charge in [0.2, 0.25) is 5.91 Å². The van der Waals surface area contributed by atoms with Crippen LogP contribution in [0.5, 0.6) is 0 Å². The van der Waals surface area contributed by atoms with Crippen LogP contribution in [0.4, 0.5) is 5.69 Å². The number of rotatable bonds is 3. The lowest BCUT2D eigenvalue weighted by Crippen LogP contribution is -2.26. The number of carboxylic acids is 1. The molecule has 2 aromatic carbocycles. The summed E-state index contributed by atoms with van der Waals surface area (Å²) in [4.78, 5) is 22.6. The Balaban J connectivity index is 2.39. The first-order chi connectivity index (χ1) is 9.00. The minimum atomic E-state index is -1.14. The maximum atomic E-state index is 11.8. The molecule has 1 unspecified atom stereocenters. The van der Waals surface area contributed by atoms with Gasteiger partial charge in [-0.3, -0.25) is 9.59 Å². The Kier molecular flexibility index (Phi) is 3.85. The zero-order chi connectivity index (χ0) is 14.0. The van der Waals surface area contributed by atoms with Crippen LogP contribution in [0.3, 0.4) is 0 Å². The van der Waals surface area contributed by atoms with Crippen LogP contribution in [0.25, 0.3) is 10.8 Å². The summed E-state index contributed by atoms with van der Waals surface area (Å²) in [6.45, 7) is 1.36. The predicted molar refractivity (Wildman–Crippen MR) is 77.1 cm³/mol. The number of amides is 1. The highest BCUT2D eigenvalue weighted by Gasteiger charge is 2.21. The molecule has 1 atom stereocenters. The van der Waals surface area contributed by atoms with Gasteiger partial charge in [0.1, 0.15) is 5.92 Å². The van der Waals surface area contributed by atoms with Crippen molar-refractivity contribution < 1.29 is 14.7 Å². The predicted octanol–water partition coefficient (Wildman–Crippen LogP) is 3.26. The van der Waals surface area contributed by atoms with Crippen molar-refractivity contribution in [3.05, 3.63) is 40.9 Å². The zero-order valence-corrected chi connectivity index (χ0v) is 11.8. The number of anilines is 1. The molecule has 0 saturated carbocycles. The van der Waals surface area contributed by atoms with Gasteiger partial charge in [-0.15, -0.1) is 0 Å². The quantitative estimate of drug-likeness (QED) is 0.853. The molecule has 4 nitrogen and oxygen atoms in total. The standard InChI is InChI=1S/C14H12BrNO3/c1-8(14(18)19)13(17)16-12-7-6-11(15)9-4-2-3-5-10(9)12/h2-8H,1H3,(H,16,17)(H,18,19). The molecular formula is C14H12BrNO3. The number of nitrogens with one attached hydrogen (secondary N) is 1. The normalized spacial score (nSPS) is 12.1. The molecule has 98 valence electrons. The van der Waals surface area contributed by atoms with Gasteiger partial charge in [0, 0.05) is 15.5 Å². The first kappa shape index (κ1) is 13.5. The highest BCUT2D eigenvalue weighted by Crippen LogP contribution is 2.30. The van der Waals surface area contributed by atoms with Gasteiger partial charge in [0.25, 0.3) is 0 Å². The van der Waals surface area contributed by atoms with Gasteiger partial charge in [0.05, 0.1) is 0 Å². The second-order valence-corrected chi connectivity index (χ2v) is 5.04. The topological polar surface area (TPSA) is 66.4 Å². The van der Waals surface area contributed by atoms with Gasteiger partial charge in [-0.1, -0.05) is 40.2 Å². The Morgan fingerprint density at radius 3 is 2.42 bits per heavy atom. The van der Waals surface area contributed by atoms with Crippen LogP contribution in [0.1, 0.15) is 6.92 Å². The molecule has 0 aliphatic heterocycles. The minimum Gasteiger partial charge on any atom is -0.481 e. The van der Waals surface area contributed by atoms with Crippen LogP contribution in [0, 0.1) is 5.92 Å². The van der Waals surface area contributed by atoms with Crippen LogP contribution in [-0.4, -0.2) is 17.0 Å². The Labute approximate surface area is 118 Å². The highest BCUT2D eigenvalue weighted by atomic mass is 79.9. The molecule has 0 heterocycles. The number of halogens is 1. The fourth-order valence-corrected chi connectivity index (χ4v) is 2.20. The number of aliphatic carboxylic acids is 1. The molecule has 0 fully saturated rings. The third-order valence-electron chi connectivity index (χ3n) is 2.89. The van der Waals surface area contributed by atoms with Gasteiger partial charge in [-0.25, -0.2) is 0 Å². The maximum absolute atomic E-state index is 11.8. The second-order valence-electron chi connectivity index (χ2n) is 4.19. The molecule has 0 saturated heterocycles. The number of hydrogen-bond donors (Lipinski definition) is 2. The van der Waals surface area contributed by atoms with Gasteiger partial charge in [0.15, 0.2) is 0 Å². The van der Waals surface area contributed by atoms with Crippen molar-refractivity contribution in [1.29, 1.82) is 0 Å².